The summed E-state index contributed by atoms with van der Waals surface area (Å²) in [5.74, 6) is 0.0123. The van der Waals surface area contributed by atoms with Crippen molar-refractivity contribution in [2.24, 2.45) is 0 Å². The molecule has 1 saturated carbocycles. The summed E-state index contributed by atoms with van der Waals surface area (Å²) in [5.41, 5.74) is 1.05. The van der Waals surface area contributed by atoms with Crippen molar-refractivity contribution in [1.29, 1.82) is 0 Å². The minimum atomic E-state index is -0.127. The molecule has 1 aliphatic rings. The molecule has 0 saturated heterocycles. The van der Waals surface area contributed by atoms with Crippen LogP contribution >= 0.6 is 0 Å². The number of aliphatic hydroxyl groups is 1. The molecule has 0 radical (unpaired) electrons. The quantitative estimate of drug-likeness (QED) is 0.866. The second-order valence-electron chi connectivity index (χ2n) is 4.97. The van der Waals surface area contributed by atoms with Crippen molar-refractivity contribution in [2.45, 2.75) is 38.1 Å². The van der Waals surface area contributed by atoms with Crippen molar-refractivity contribution in [3.63, 3.8) is 0 Å². The van der Waals surface area contributed by atoms with Gasteiger partial charge in [0, 0.05) is 12.6 Å². The maximum absolute atomic E-state index is 12.5. The minimum absolute atomic E-state index is 0.0454. The van der Waals surface area contributed by atoms with Crippen LogP contribution in [-0.4, -0.2) is 35.1 Å². The van der Waals surface area contributed by atoms with Crippen LogP contribution in [0.1, 0.15) is 37.7 Å². The Labute approximate surface area is 108 Å². The molecule has 1 N–H and O–H groups in total. The molecule has 0 bridgehead atoms. The Bertz CT molecular complexity index is 387. The van der Waals surface area contributed by atoms with E-state index in [-0.39, 0.29) is 18.4 Å². The Morgan fingerprint density at radius 3 is 2.56 bits per heavy atom. The molecule has 1 aliphatic carbocycles. The average Bonchev–Trinajstić information content (AvgIpc) is 2.35. The van der Waals surface area contributed by atoms with Gasteiger partial charge >= 0.3 is 0 Å². The molecule has 1 unspecified atom stereocenters. The first kappa shape index (κ1) is 13.1. The van der Waals surface area contributed by atoms with Crippen molar-refractivity contribution in [2.75, 3.05) is 13.2 Å². The second kappa shape index (κ2) is 6.01. The lowest BCUT2D eigenvalue weighted by Gasteiger charge is -2.38. The number of carbonyl (C=O) groups is 1. The summed E-state index contributed by atoms with van der Waals surface area (Å²) in [4.78, 5) is 14.3. The van der Waals surface area contributed by atoms with Gasteiger partial charge in [0.25, 0.3) is 0 Å². The first-order valence-electron chi connectivity index (χ1n) is 6.70. The Morgan fingerprint density at radius 1 is 1.39 bits per heavy atom. The predicted molar refractivity (Wildman–Crippen MR) is 71.3 cm³/mol. The summed E-state index contributed by atoms with van der Waals surface area (Å²) >= 11 is 0. The second-order valence-corrected chi connectivity index (χ2v) is 4.97. The third-order valence-corrected chi connectivity index (χ3v) is 3.81. The number of amides is 1. The van der Waals surface area contributed by atoms with Crippen LogP contribution in [0.2, 0.25) is 0 Å². The van der Waals surface area contributed by atoms with Gasteiger partial charge in [-0.3, -0.25) is 4.79 Å². The molecule has 98 valence electrons. The zero-order valence-electron chi connectivity index (χ0n) is 10.9. The zero-order chi connectivity index (χ0) is 13.0. The Hall–Kier alpha value is -1.35. The highest BCUT2D eigenvalue weighted by molar-refractivity contribution is 5.83. The summed E-state index contributed by atoms with van der Waals surface area (Å²) in [6.45, 7) is 2.45. The van der Waals surface area contributed by atoms with Gasteiger partial charge in [-0.05, 0) is 31.7 Å². The van der Waals surface area contributed by atoms with Crippen LogP contribution in [0.3, 0.4) is 0 Å². The lowest BCUT2D eigenvalue weighted by atomic mass is 9.89. The normalized spacial score (nSPS) is 17.0. The van der Waals surface area contributed by atoms with Crippen LogP contribution < -0.4 is 0 Å². The summed E-state index contributed by atoms with van der Waals surface area (Å²) in [6, 6.07) is 10.2. The van der Waals surface area contributed by atoms with E-state index in [0.717, 1.165) is 18.4 Å². The lowest BCUT2D eigenvalue weighted by Crippen LogP contribution is -2.47. The topological polar surface area (TPSA) is 40.5 Å². The maximum Gasteiger partial charge on any atom is 0.230 e. The Morgan fingerprint density at radius 2 is 2.06 bits per heavy atom. The molecule has 1 amide bonds. The number of hydrogen-bond donors (Lipinski definition) is 1. The highest BCUT2D eigenvalue weighted by Crippen LogP contribution is 2.28. The number of benzene rings is 1. The van der Waals surface area contributed by atoms with Crippen molar-refractivity contribution >= 4 is 5.91 Å². The fourth-order valence-corrected chi connectivity index (χ4v) is 2.41. The van der Waals surface area contributed by atoms with Crippen LogP contribution in [0.4, 0.5) is 0 Å². The van der Waals surface area contributed by atoms with Crippen molar-refractivity contribution in [3.05, 3.63) is 35.9 Å². The third-order valence-electron chi connectivity index (χ3n) is 3.81. The van der Waals surface area contributed by atoms with Gasteiger partial charge in [0.15, 0.2) is 0 Å². The van der Waals surface area contributed by atoms with Gasteiger partial charge in [-0.15, -0.1) is 0 Å². The van der Waals surface area contributed by atoms with Crippen molar-refractivity contribution in [1.82, 2.24) is 4.90 Å². The average molecular weight is 247 g/mol. The number of nitrogens with zero attached hydrogens (tertiary/aromatic N) is 1. The molecule has 3 nitrogen and oxygen atoms in total. The SMILES string of the molecule is CC(C(=O)N(CCO)C1CCC1)c1ccccc1. The van der Waals surface area contributed by atoms with Gasteiger partial charge in [0.1, 0.15) is 0 Å². The van der Waals surface area contributed by atoms with Gasteiger partial charge in [0.2, 0.25) is 5.91 Å². The van der Waals surface area contributed by atoms with E-state index in [9.17, 15) is 4.79 Å². The molecule has 1 aromatic rings. The number of hydrogen-bond acceptors (Lipinski definition) is 2. The number of aliphatic hydroxyl groups excluding tert-OH is 1. The molecular formula is C15H21NO2. The molecular weight excluding hydrogens is 226 g/mol. The highest BCUT2D eigenvalue weighted by atomic mass is 16.3. The molecule has 1 atom stereocenters. The zero-order valence-corrected chi connectivity index (χ0v) is 10.9. The van der Waals surface area contributed by atoms with E-state index in [1.165, 1.54) is 6.42 Å². The van der Waals surface area contributed by atoms with E-state index >= 15 is 0 Å². The van der Waals surface area contributed by atoms with E-state index in [4.69, 9.17) is 5.11 Å². The van der Waals surface area contributed by atoms with Crippen molar-refractivity contribution in [3.8, 4) is 0 Å². The summed E-state index contributed by atoms with van der Waals surface area (Å²) in [5, 5.41) is 9.11. The predicted octanol–water partition coefficient (Wildman–Crippen LogP) is 2.16. The first-order valence-corrected chi connectivity index (χ1v) is 6.70. The first-order chi connectivity index (χ1) is 8.74. The molecule has 0 spiro atoms. The minimum Gasteiger partial charge on any atom is -0.395 e. The van der Waals surface area contributed by atoms with E-state index in [0.29, 0.717) is 12.6 Å². The van der Waals surface area contributed by atoms with E-state index < -0.39 is 0 Å². The lowest BCUT2D eigenvalue weighted by molar-refractivity contribution is -0.137. The molecule has 18 heavy (non-hydrogen) atoms. The standard InChI is InChI=1S/C15H21NO2/c1-12(13-6-3-2-4-7-13)15(18)16(10-11-17)14-8-5-9-14/h2-4,6-7,12,14,17H,5,8-11H2,1H3. The summed E-state index contributed by atoms with van der Waals surface area (Å²) in [7, 11) is 0. The van der Waals surface area contributed by atoms with E-state index in [2.05, 4.69) is 0 Å². The molecule has 0 aliphatic heterocycles. The maximum atomic E-state index is 12.5. The number of carbonyl (C=O) groups excluding carboxylic acids is 1. The summed E-state index contributed by atoms with van der Waals surface area (Å²) < 4.78 is 0. The third kappa shape index (κ3) is 2.72. The molecule has 0 heterocycles. The van der Waals surface area contributed by atoms with E-state index in [1.54, 1.807) is 0 Å². The van der Waals surface area contributed by atoms with Crippen molar-refractivity contribution < 1.29 is 9.90 Å². The monoisotopic (exact) mass is 247 g/mol. The summed E-state index contributed by atoms with van der Waals surface area (Å²) in [6.07, 6.45) is 3.35. The van der Waals surface area contributed by atoms with Gasteiger partial charge < -0.3 is 10.0 Å². The molecule has 1 aromatic carbocycles. The Balaban J connectivity index is 2.07. The number of rotatable bonds is 5. The Kier molecular flexibility index (Phi) is 4.37. The molecule has 2 rings (SSSR count). The molecule has 0 aromatic heterocycles. The highest BCUT2D eigenvalue weighted by Gasteiger charge is 2.31. The van der Waals surface area contributed by atoms with Crippen LogP contribution in [0.15, 0.2) is 30.3 Å². The fourth-order valence-electron chi connectivity index (χ4n) is 2.41. The van der Waals surface area contributed by atoms with Crippen LogP contribution in [0.25, 0.3) is 0 Å². The largest absolute Gasteiger partial charge is 0.395 e. The molecule has 1 fully saturated rings. The van der Waals surface area contributed by atoms with Gasteiger partial charge in [-0.25, -0.2) is 0 Å². The van der Waals surface area contributed by atoms with Gasteiger partial charge in [-0.2, -0.15) is 0 Å². The van der Waals surface area contributed by atoms with Crippen LogP contribution in [-0.2, 0) is 4.79 Å². The molecule has 3 heteroatoms. The van der Waals surface area contributed by atoms with Crippen LogP contribution in [0.5, 0.6) is 0 Å². The fraction of sp³-hybridized carbons (Fsp3) is 0.533. The van der Waals surface area contributed by atoms with Gasteiger partial charge in [-0.1, -0.05) is 30.3 Å². The smallest absolute Gasteiger partial charge is 0.230 e. The van der Waals surface area contributed by atoms with Crippen LogP contribution in [0, 0.1) is 0 Å². The van der Waals surface area contributed by atoms with E-state index in [1.807, 2.05) is 42.2 Å². The van der Waals surface area contributed by atoms with Gasteiger partial charge in [0.05, 0.1) is 12.5 Å².